The van der Waals surface area contributed by atoms with Crippen LogP contribution in [0.5, 0.6) is 0 Å². The second-order valence-electron chi connectivity index (χ2n) is 4.43. The smallest absolute Gasteiger partial charge is 0.336 e. The molecule has 4 heteroatoms. The topological polar surface area (TPSA) is 37.3 Å². The summed E-state index contributed by atoms with van der Waals surface area (Å²) in [5.41, 5.74) is 1.37. The molecule has 2 aromatic carbocycles. The molecule has 0 saturated carbocycles. The van der Waals surface area contributed by atoms with Crippen LogP contribution in [0.3, 0.4) is 0 Å². The fourth-order valence-corrected chi connectivity index (χ4v) is 2.17. The molecular weight excluding hydrogens is 250 g/mol. The van der Waals surface area contributed by atoms with E-state index in [0.717, 1.165) is 23.8 Å². The van der Waals surface area contributed by atoms with Crippen LogP contribution in [-0.4, -0.2) is 11.1 Å². The molecule has 2 rings (SSSR count). The van der Waals surface area contributed by atoms with E-state index < -0.39 is 17.6 Å². The van der Waals surface area contributed by atoms with Gasteiger partial charge in [-0.1, -0.05) is 6.07 Å². The van der Waals surface area contributed by atoms with Gasteiger partial charge in [-0.3, -0.25) is 0 Å². The molecule has 0 aromatic heterocycles. The molecule has 2 aromatic rings. The minimum absolute atomic E-state index is 0.0579. The average molecular weight is 262 g/mol. The number of halogens is 2. The first kappa shape index (κ1) is 13.2. The molecule has 0 spiro atoms. The van der Waals surface area contributed by atoms with Gasteiger partial charge in [-0.2, -0.15) is 0 Å². The van der Waals surface area contributed by atoms with Crippen molar-refractivity contribution in [3.63, 3.8) is 0 Å². The highest BCUT2D eigenvalue weighted by Crippen LogP contribution is 2.31. The Kier molecular flexibility index (Phi) is 3.34. The molecule has 0 aliphatic heterocycles. The number of rotatable bonds is 2. The largest absolute Gasteiger partial charge is 0.478 e. The maximum atomic E-state index is 14.1. The van der Waals surface area contributed by atoms with Gasteiger partial charge in [0.25, 0.3) is 0 Å². The zero-order chi connectivity index (χ0) is 14.2. The van der Waals surface area contributed by atoms with Gasteiger partial charge < -0.3 is 5.11 Å². The molecule has 0 radical (unpaired) electrons. The number of carboxylic acid groups (broad SMARTS) is 1. The summed E-state index contributed by atoms with van der Waals surface area (Å²) >= 11 is 0. The predicted octanol–water partition coefficient (Wildman–Crippen LogP) is 3.95. The molecule has 1 N–H and O–H groups in total. The lowest BCUT2D eigenvalue weighted by Crippen LogP contribution is -2.02. The van der Waals surface area contributed by atoms with E-state index in [2.05, 4.69) is 0 Å². The summed E-state index contributed by atoms with van der Waals surface area (Å²) in [7, 11) is 0. The van der Waals surface area contributed by atoms with Crippen LogP contribution in [0.1, 0.15) is 21.5 Å². The van der Waals surface area contributed by atoms with E-state index >= 15 is 0 Å². The van der Waals surface area contributed by atoms with E-state index in [1.807, 2.05) is 0 Å². The zero-order valence-corrected chi connectivity index (χ0v) is 10.5. The maximum absolute atomic E-state index is 14.1. The first-order valence-electron chi connectivity index (χ1n) is 5.70. The molecule has 2 nitrogen and oxygen atoms in total. The third kappa shape index (κ3) is 2.47. The minimum Gasteiger partial charge on any atom is -0.478 e. The van der Waals surface area contributed by atoms with Gasteiger partial charge >= 0.3 is 5.97 Å². The van der Waals surface area contributed by atoms with Gasteiger partial charge in [0.2, 0.25) is 0 Å². The molecule has 0 saturated heterocycles. The van der Waals surface area contributed by atoms with Crippen LogP contribution in [0.15, 0.2) is 30.3 Å². The Bertz CT molecular complexity index is 640. The Balaban J connectivity index is 2.78. The number of carbonyl (C=O) groups is 1. The molecule has 0 heterocycles. The number of hydrogen-bond donors (Lipinski definition) is 1. The van der Waals surface area contributed by atoms with Gasteiger partial charge in [-0.05, 0) is 49.2 Å². The quantitative estimate of drug-likeness (QED) is 0.889. The van der Waals surface area contributed by atoms with Crippen molar-refractivity contribution in [1.29, 1.82) is 0 Å². The molecule has 0 amide bonds. The molecule has 19 heavy (non-hydrogen) atoms. The average Bonchev–Trinajstić information content (AvgIpc) is 2.27. The fraction of sp³-hybridized carbons (Fsp3) is 0.133. The molecule has 0 aliphatic rings. The zero-order valence-electron chi connectivity index (χ0n) is 10.5. The van der Waals surface area contributed by atoms with Gasteiger partial charge in [-0.25, -0.2) is 13.6 Å². The van der Waals surface area contributed by atoms with Crippen LogP contribution in [0.2, 0.25) is 0 Å². The molecule has 0 bridgehead atoms. The van der Waals surface area contributed by atoms with Crippen LogP contribution in [0.4, 0.5) is 8.78 Å². The van der Waals surface area contributed by atoms with Crippen LogP contribution < -0.4 is 0 Å². The number of hydrogen-bond acceptors (Lipinski definition) is 1. The Morgan fingerprint density at radius 1 is 1.11 bits per heavy atom. The molecule has 0 aliphatic carbocycles. The predicted molar refractivity (Wildman–Crippen MR) is 68.2 cm³/mol. The van der Waals surface area contributed by atoms with Crippen molar-refractivity contribution >= 4 is 5.97 Å². The summed E-state index contributed by atoms with van der Waals surface area (Å²) in [6, 6.07) is 6.28. The molecule has 0 unspecified atom stereocenters. The minimum atomic E-state index is -1.21. The third-order valence-corrected chi connectivity index (χ3v) is 2.91. The van der Waals surface area contributed by atoms with Gasteiger partial charge in [-0.15, -0.1) is 0 Å². The van der Waals surface area contributed by atoms with Crippen LogP contribution in [0, 0.1) is 25.5 Å². The monoisotopic (exact) mass is 262 g/mol. The van der Waals surface area contributed by atoms with Crippen molar-refractivity contribution < 1.29 is 18.7 Å². The third-order valence-electron chi connectivity index (χ3n) is 2.91. The highest BCUT2D eigenvalue weighted by Gasteiger charge is 2.17. The Hall–Kier alpha value is -2.23. The first-order valence-corrected chi connectivity index (χ1v) is 5.70. The van der Waals surface area contributed by atoms with Crippen LogP contribution >= 0.6 is 0 Å². The molecule has 0 fully saturated rings. The van der Waals surface area contributed by atoms with Crippen molar-refractivity contribution in [2.75, 3.05) is 0 Å². The number of aromatic carboxylic acids is 1. The van der Waals surface area contributed by atoms with E-state index in [1.165, 1.54) is 6.07 Å². The number of benzene rings is 2. The fourth-order valence-electron chi connectivity index (χ4n) is 2.17. The van der Waals surface area contributed by atoms with Gasteiger partial charge in [0.15, 0.2) is 0 Å². The molecule has 98 valence electrons. The van der Waals surface area contributed by atoms with Gasteiger partial charge in [0, 0.05) is 11.1 Å². The molecular formula is C15H12F2O2. The Labute approximate surface area is 109 Å². The summed E-state index contributed by atoms with van der Waals surface area (Å²) in [6.07, 6.45) is 0. The van der Waals surface area contributed by atoms with Crippen LogP contribution in [-0.2, 0) is 0 Å². The van der Waals surface area contributed by atoms with Crippen molar-refractivity contribution in [3.8, 4) is 11.1 Å². The first-order chi connectivity index (χ1) is 8.90. The number of aryl methyl sites for hydroxylation is 2. The van der Waals surface area contributed by atoms with Crippen molar-refractivity contribution in [3.05, 3.63) is 58.7 Å². The summed E-state index contributed by atoms with van der Waals surface area (Å²) in [4.78, 5) is 11.2. The lowest BCUT2D eigenvalue weighted by atomic mass is 9.94. The number of carboxylic acids is 1. The van der Waals surface area contributed by atoms with Crippen molar-refractivity contribution in [2.24, 2.45) is 0 Å². The van der Waals surface area contributed by atoms with E-state index in [4.69, 9.17) is 5.11 Å². The van der Waals surface area contributed by atoms with Gasteiger partial charge in [0.05, 0.1) is 5.56 Å². The Morgan fingerprint density at radius 2 is 1.79 bits per heavy atom. The van der Waals surface area contributed by atoms with Crippen LogP contribution in [0.25, 0.3) is 11.1 Å². The summed E-state index contributed by atoms with van der Waals surface area (Å²) in [5, 5.41) is 9.11. The maximum Gasteiger partial charge on any atom is 0.336 e. The second kappa shape index (κ2) is 4.80. The SMILES string of the molecule is Cc1cc(C)c(-c2cc(F)ccc2C(=O)O)c(F)c1. The summed E-state index contributed by atoms with van der Waals surface area (Å²) in [6.45, 7) is 3.41. The lowest BCUT2D eigenvalue weighted by molar-refractivity contribution is 0.0697. The van der Waals surface area contributed by atoms with E-state index in [-0.39, 0.29) is 16.7 Å². The summed E-state index contributed by atoms with van der Waals surface area (Å²) < 4.78 is 27.4. The van der Waals surface area contributed by atoms with E-state index in [9.17, 15) is 13.6 Å². The van der Waals surface area contributed by atoms with Crippen molar-refractivity contribution in [1.82, 2.24) is 0 Å². The van der Waals surface area contributed by atoms with E-state index in [0.29, 0.717) is 5.56 Å². The van der Waals surface area contributed by atoms with Gasteiger partial charge in [0.1, 0.15) is 11.6 Å². The summed E-state index contributed by atoms with van der Waals surface area (Å²) in [5.74, 6) is -2.36. The molecule has 0 atom stereocenters. The lowest BCUT2D eigenvalue weighted by Gasteiger charge is -2.12. The standard InChI is InChI=1S/C15H12F2O2/c1-8-5-9(2)14(13(17)6-8)12-7-10(16)3-4-11(12)15(18)19/h3-7H,1-2H3,(H,18,19). The van der Waals surface area contributed by atoms with E-state index in [1.54, 1.807) is 19.9 Å². The normalized spacial score (nSPS) is 10.5. The second-order valence-corrected chi connectivity index (χ2v) is 4.43. The van der Waals surface area contributed by atoms with Crippen molar-refractivity contribution in [2.45, 2.75) is 13.8 Å². The highest BCUT2D eigenvalue weighted by atomic mass is 19.1. The highest BCUT2D eigenvalue weighted by molar-refractivity contribution is 5.96. The Morgan fingerprint density at radius 3 is 2.37 bits per heavy atom.